The summed E-state index contributed by atoms with van der Waals surface area (Å²) in [6.07, 6.45) is 1.70. The van der Waals surface area contributed by atoms with Crippen LogP contribution in [0.15, 0.2) is 77.7 Å². The van der Waals surface area contributed by atoms with Gasteiger partial charge in [0.2, 0.25) is 0 Å². The van der Waals surface area contributed by atoms with Gasteiger partial charge in [-0.15, -0.1) is 0 Å². The molecule has 3 aromatic rings. The van der Waals surface area contributed by atoms with Crippen LogP contribution >= 0.6 is 11.6 Å². The van der Waals surface area contributed by atoms with Gasteiger partial charge in [0.15, 0.2) is 0 Å². The van der Waals surface area contributed by atoms with Crippen LogP contribution in [0, 0.1) is 6.92 Å². The predicted octanol–water partition coefficient (Wildman–Crippen LogP) is 4.81. The Morgan fingerprint density at radius 3 is 2.43 bits per heavy atom. The quantitative estimate of drug-likeness (QED) is 0.491. The Morgan fingerprint density at radius 2 is 1.70 bits per heavy atom. The van der Waals surface area contributed by atoms with Crippen molar-refractivity contribution >= 4 is 33.2 Å². The molecule has 30 heavy (non-hydrogen) atoms. The van der Waals surface area contributed by atoms with Crippen LogP contribution < -0.4 is 10.0 Å². The molecule has 156 valence electrons. The van der Waals surface area contributed by atoms with Gasteiger partial charge in [-0.3, -0.25) is 9.52 Å². The van der Waals surface area contributed by atoms with E-state index in [0.717, 1.165) is 12.8 Å². The van der Waals surface area contributed by atoms with Crippen LogP contribution in [-0.2, 0) is 16.4 Å². The Morgan fingerprint density at radius 1 is 0.967 bits per heavy atom. The molecule has 0 atom stereocenters. The number of anilines is 1. The second-order valence-electron chi connectivity index (χ2n) is 6.99. The Kier molecular flexibility index (Phi) is 7.13. The van der Waals surface area contributed by atoms with Gasteiger partial charge in [-0.05, 0) is 67.8 Å². The topological polar surface area (TPSA) is 75.3 Å². The van der Waals surface area contributed by atoms with Crippen molar-refractivity contribution in [3.63, 3.8) is 0 Å². The third-order valence-electron chi connectivity index (χ3n) is 4.51. The van der Waals surface area contributed by atoms with Gasteiger partial charge >= 0.3 is 0 Å². The minimum atomic E-state index is -3.77. The summed E-state index contributed by atoms with van der Waals surface area (Å²) in [5.41, 5.74) is 3.16. The monoisotopic (exact) mass is 442 g/mol. The molecule has 0 radical (unpaired) electrons. The smallest absolute Gasteiger partial charge is 0.261 e. The largest absolute Gasteiger partial charge is 0.352 e. The van der Waals surface area contributed by atoms with Crippen LogP contribution in [-0.4, -0.2) is 20.9 Å². The Labute approximate surface area is 182 Å². The number of hydrogen-bond donors (Lipinski definition) is 2. The number of carbonyl (C=O) groups is 1. The van der Waals surface area contributed by atoms with E-state index < -0.39 is 10.0 Å². The Hall–Kier alpha value is -2.83. The van der Waals surface area contributed by atoms with Crippen LogP contribution in [0.4, 0.5) is 5.69 Å². The van der Waals surface area contributed by atoms with Crippen LogP contribution in [0.25, 0.3) is 0 Å². The van der Waals surface area contributed by atoms with Crippen molar-refractivity contribution in [2.24, 2.45) is 0 Å². The molecule has 0 spiro atoms. The molecular weight excluding hydrogens is 420 g/mol. The van der Waals surface area contributed by atoms with Crippen molar-refractivity contribution in [3.8, 4) is 0 Å². The molecule has 0 fully saturated rings. The SMILES string of the molecule is Cc1cccc(CCCNC(=O)c2cccc(NS(=O)(=O)c3ccc(Cl)cc3)c2)c1. The predicted molar refractivity (Wildman–Crippen MR) is 121 cm³/mol. The molecule has 7 heteroatoms. The molecule has 0 aliphatic rings. The van der Waals surface area contributed by atoms with Crippen LogP contribution in [0.2, 0.25) is 5.02 Å². The van der Waals surface area contributed by atoms with E-state index >= 15 is 0 Å². The lowest BCUT2D eigenvalue weighted by Crippen LogP contribution is -2.25. The molecule has 0 saturated carbocycles. The van der Waals surface area contributed by atoms with Crippen molar-refractivity contribution in [2.75, 3.05) is 11.3 Å². The number of sulfonamides is 1. The lowest BCUT2D eigenvalue weighted by molar-refractivity contribution is 0.0953. The molecule has 0 aromatic heterocycles. The van der Waals surface area contributed by atoms with Crippen LogP contribution in [0.3, 0.4) is 0 Å². The van der Waals surface area contributed by atoms with E-state index in [-0.39, 0.29) is 10.8 Å². The first-order valence-electron chi connectivity index (χ1n) is 9.56. The van der Waals surface area contributed by atoms with Crippen LogP contribution in [0.1, 0.15) is 27.9 Å². The maximum Gasteiger partial charge on any atom is 0.261 e. The summed E-state index contributed by atoms with van der Waals surface area (Å²) in [6.45, 7) is 2.59. The average Bonchev–Trinajstić information content (AvgIpc) is 2.71. The molecule has 0 aliphatic heterocycles. The highest BCUT2D eigenvalue weighted by Gasteiger charge is 2.15. The van der Waals surface area contributed by atoms with E-state index in [0.29, 0.717) is 22.8 Å². The summed E-state index contributed by atoms with van der Waals surface area (Å²) in [4.78, 5) is 12.5. The highest BCUT2D eigenvalue weighted by molar-refractivity contribution is 7.92. The number of rotatable bonds is 8. The fourth-order valence-corrected chi connectivity index (χ4v) is 4.19. The molecule has 0 unspecified atom stereocenters. The molecule has 2 N–H and O–H groups in total. The Balaban J connectivity index is 1.57. The van der Waals surface area contributed by atoms with Crippen molar-refractivity contribution in [3.05, 3.63) is 94.5 Å². The second-order valence-corrected chi connectivity index (χ2v) is 9.11. The van der Waals surface area contributed by atoms with E-state index in [1.54, 1.807) is 18.2 Å². The second kappa shape index (κ2) is 9.78. The number of aryl methyl sites for hydroxylation is 2. The first-order valence-corrected chi connectivity index (χ1v) is 11.4. The first-order chi connectivity index (χ1) is 14.3. The van der Waals surface area contributed by atoms with Gasteiger partial charge in [-0.2, -0.15) is 0 Å². The standard InChI is InChI=1S/C23H23ClN2O3S/c1-17-5-2-6-18(15-17)7-4-14-25-23(27)19-8-3-9-21(16-19)26-30(28,29)22-12-10-20(24)11-13-22/h2-3,5-6,8-13,15-16,26H,4,7,14H2,1H3,(H,25,27). The fourth-order valence-electron chi connectivity index (χ4n) is 3.02. The lowest BCUT2D eigenvalue weighted by atomic mass is 10.1. The molecule has 5 nitrogen and oxygen atoms in total. The van der Waals surface area contributed by atoms with Crippen molar-refractivity contribution in [2.45, 2.75) is 24.7 Å². The van der Waals surface area contributed by atoms with Crippen molar-refractivity contribution < 1.29 is 13.2 Å². The van der Waals surface area contributed by atoms with E-state index in [1.165, 1.54) is 41.5 Å². The summed E-state index contributed by atoms with van der Waals surface area (Å²) in [5, 5.41) is 3.33. The molecular formula is C23H23ClN2O3S. The summed E-state index contributed by atoms with van der Waals surface area (Å²) >= 11 is 5.81. The van der Waals surface area contributed by atoms with Crippen LogP contribution in [0.5, 0.6) is 0 Å². The molecule has 0 heterocycles. The number of hydrogen-bond acceptors (Lipinski definition) is 3. The zero-order valence-corrected chi connectivity index (χ0v) is 18.1. The van der Waals surface area contributed by atoms with Gasteiger partial charge in [0.25, 0.3) is 15.9 Å². The summed E-state index contributed by atoms with van der Waals surface area (Å²) < 4.78 is 27.5. The third kappa shape index (κ3) is 6.08. The summed E-state index contributed by atoms with van der Waals surface area (Å²) in [7, 11) is -3.77. The summed E-state index contributed by atoms with van der Waals surface area (Å²) in [6, 6.07) is 20.6. The zero-order valence-electron chi connectivity index (χ0n) is 16.6. The highest BCUT2D eigenvalue weighted by Crippen LogP contribution is 2.19. The molecule has 0 bridgehead atoms. The minimum absolute atomic E-state index is 0.0953. The number of nitrogens with one attached hydrogen (secondary N) is 2. The van der Waals surface area contributed by atoms with Gasteiger partial charge in [0, 0.05) is 22.8 Å². The Bertz CT molecular complexity index is 1130. The van der Waals surface area contributed by atoms with Gasteiger partial charge in [0.05, 0.1) is 4.90 Å². The van der Waals surface area contributed by atoms with E-state index in [4.69, 9.17) is 11.6 Å². The van der Waals surface area contributed by atoms with Gasteiger partial charge in [0.1, 0.15) is 0 Å². The maximum absolute atomic E-state index is 12.5. The molecule has 3 aromatic carbocycles. The molecule has 0 aliphatic carbocycles. The van der Waals surface area contributed by atoms with E-state index in [2.05, 4.69) is 35.2 Å². The maximum atomic E-state index is 12.5. The average molecular weight is 443 g/mol. The number of amides is 1. The molecule has 0 saturated heterocycles. The highest BCUT2D eigenvalue weighted by atomic mass is 35.5. The number of benzene rings is 3. The number of halogens is 1. The van der Waals surface area contributed by atoms with Gasteiger partial charge in [-0.25, -0.2) is 8.42 Å². The number of carbonyl (C=O) groups excluding carboxylic acids is 1. The van der Waals surface area contributed by atoms with Gasteiger partial charge < -0.3 is 5.32 Å². The molecule has 3 rings (SSSR count). The molecule has 1 amide bonds. The zero-order chi connectivity index (χ0) is 21.6. The van der Waals surface area contributed by atoms with Crippen molar-refractivity contribution in [1.29, 1.82) is 0 Å². The normalized spacial score (nSPS) is 11.1. The fraction of sp³-hybridized carbons (Fsp3) is 0.174. The minimum Gasteiger partial charge on any atom is -0.352 e. The van der Waals surface area contributed by atoms with E-state index in [1.807, 2.05) is 6.07 Å². The first kappa shape index (κ1) is 21.9. The summed E-state index contributed by atoms with van der Waals surface area (Å²) in [5.74, 6) is -0.244. The van der Waals surface area contributed by atoms with Crippen molar-refractivity contribution in [1.82, 2.24) is 5.32 Å². The van der Waals surface area contributed by atoms with Gasteiger partial charge in [-0.1, -0.05) is 47.5 Å². The van der Waals surface area contributed by atoms with E-state index in [9.17, 15) is 13.2 Å². The third-order valence-corrected chi connectivity index (χ3v) is 6.16. The lowest BCUT2D eigenvalue weighted by Gasteiger charge is -2.10.